The zero-order chi connectivity index (χ0) is 13.9. The van der Waals surface area contributed by atoms with Gasteiger partial charge in [0, 0.05) is 43.3 Å². The summed E-state index contributed by atoms with van der Waals surface area (Å²) in [4.78, 5) is 2.51. The summed E-state index contributed by atoms with van der Waals surface area (Å²) >= 11 is 6.47. The molecule has 3 rings (SSSR count). The van der Waals surface area contributed by atoms with Gasteiger partial charge in [-0.2, -0.15) is 0 Å². The molecule has 2 aliphatic rings. The molecule has 0 atom stereocenters. The molecule has 1 N–H and O–H groups in total. The molecule has 3 nitrogen and oxygen atoms in total. The fraction of sp³-hybridized carbons (Fsp3) is 0.625. The number of piperazine rings is 1. The molecule has 1 aliphatic heterocycles. The molecule has 0 bridgehead atoms. The first-order valence-corrected chi connectivity index (χ1v) is 7.95. The van der Waals surface area contributed by atoms with Crippen LogP contribution in [0.4, 0.5) is 0 Å². The Morgan fingerprint density at radius 1 is 1.30 bits per heavy atom. The smallest absolute Gasteiger partial charge is 0.124 e. The molecular formula is C16H23ClN2O. The van der Waals surface area contributed by atoms with E-state index in [1.54, 1.807) is 7.11 Å². The molecule has 0 amide bonds. The van der Waals surface area contributed by atoms with Crippen molar-refractivity contribution in [2.75, 3.05) is 39.8 Å². The van der Waals surface area contributed by atoms with Gasteiger partial charge in [-0.25, -0.2) is 0 Å². The van der Waals surface area contributed by atoms with Crippen molar-refractivity contribution in [3.05, 3.63) is 28.3 Å². The molecule has 2 fully saturated rings. The van der Waals surface area contributed by atoms with Crippen LogP contribution in [0, 0.1) is 0 Å². The highest BCUT2D eigenvalue weighted by atomic mass is 35.5. The predicted molar refractivity (Wildman–Crippen MR) is 83.0 cm³/mol. The lowest BCUT2D eigenvalue weighted by Crippen LogP contribution is -2.44. The molecule has 0 unspecified atom stereocenters. The number of nitrogens with zero attached hydrogens (tertiary/aromatic N) is 1. The first-order valence-electron chi connectivity index (χ1n) is 7.57. The van der Waals surface area contributed by atoms with Crippen molar-refractivity contribution in [2.24, 2.45) is 0 Å². The normalized spacial score (nSPS) is 20.1. The second-order valence-corrected chi connectivity index (χ2v) is 6.22. The third kappa shape index (κ3) is 3.27. The third-order valence-electron chi connectivity index (χ3n) is 4.28. The fourth-order valence-electron chi connectivity index (χ4n) is 2.95. The standard InChI is InChI=1S/C16H23ClN2O/c1-20-15-11-12(4-7-19-8-5-18-6-9-19)10-14(17)16(15)13-2-3-13/h10-11,13,18H,2-9H2,1H3. The number of hydrogen-bond donors (Lipinski definition) is 1. The van der Waals surface area contributed by atoms with Crippen molar-refractivity contribution in [1.29, 1.82) is 0 Å². The van der Waals surface area contributed by atoms with Gasteiger partial charge in [0.05, 0.1) is 7.11 Å². The van der Waals surface area contributed by atoms with Gasteiger partial charge in [-0.15, -0.1) is 0 Å². The van der Waals surface area contributed by atoms with E-state index >= 15 is 0 Å². The van der Waals surface area contributed by atoms with Crippen LogP contribution in [0.25, 0.3) is 0 Å². The highest BCUT2D eigenvalue weighted by Gasteiger charge is 2.29. The number of rotatable bonds is 5. The topological polar surface area (TPSA) is 24.5 Å². The van der Waals surface area contributed by atoms with Gasteiger partial charge >= 0.3 is 0 Å². The Kier molecular flexibility index (Phi) is 4.49. The van der Waals surface area contributed by atoms with Crippen molar-refractivity contribution in [3.8, 4) is 5.75 Å². The maximum Gasteiger partial charge on any atom is 0.124 e. The Bertz CT molecular complexity index is 468. The van der Waals surface area contributed by atoms with Gasteiger partial charge in [0.2, 0.25) is 0 Å². The van der Waals surface area contributed by atoms with Crippen LogP contribution in [0.1, 0.15) is 29.9 Å². The Balaban J connectivity index is 1.68. The zero-order valence-corrected chi connectivity index (χ0v) is 12.9. The largest absolute Gasteiger partial charge is 0.496 e. The molecule has 20 heavy (non-hydrogen) atoms. The molecule has 1 aromatic rings. The van der Waals surface area contributed by atoms with E-state index in [4.69, 9.17) is 16.3 Å². The highest BCUT2D eigenvalue weighted by molar-refractivity contribution is 6.31. The number of hydrogen-bond acceptors (Lipinski definition) is 3. The maximum absolute atomic E-state index is 6.47. The lowest BCUT2D eigenvalue weighted by atomic mass is 10.0. The molecule has 0 spiro atoms. The van der Waals surface area contributed by atoms with Crippen LogP contribution in [-0.2, 0) is 6.42 Å². The van der Waals surface area contributed by atoms with Gasteiger partial charge in [-0.1, -0.05) is 11.6 Å². The van der Waals surface area contributed by atoms with Gasteiger partial charge in [-0.05, 0) is 42.9 Å². The van der Waals surface area contributed by atoms with Crippen molar-refractivity contribution in [2.45, 2.75) is 25.2 Å². The average molecular weight is 295 g/mol. The van der Waals surface area contributed by atoms with Crippen LogP contribution in [-0.4, -0.2) is 44.7 Å². The minimum atomic E-state index is 0.625. The number of nitrogens with one attached hydrogen (secondary N) is 1. The Morgan fingerprint density at radius 3 is 2.70 bits per heavy atom. The van der Waals surface area contributed by atoms with Crippen LogP contribution in [0.2, 0.25) is 5.02 Å². The molecule has 1 heterocycles. The predicted octanol–water partition coefficient (Wildman–Crippen LogP) is 2.67. The molecule has 1 aliphatic carbocycles. The van der Waals surface area contributed by atoms with E-state index in [1.165, 1.54) is 24.0 Å². The lowest BCUT2D eigenvalue weighted by molar-refractivity contribution is 0.244. The van der Waals surface area contributed by atoms with E-state index in [1.807, 2.05) is 0 Å². The van der Waals surface area contributed by atoms with Crippen molar-refractivity contribution >= 4 is 11.6 Å². The van der Waals surface area contributed by atoms with Crippen LogP contribution < -0.4 is 10.1 Å². The van der Waals surface area contributed by atoms with Crippen LogP contribution in [0.15, 0.2) is 12.1 Å². The summed E-state index contributed by atoms with van der Waals surface area (Å²) in [6.07, 6.45) is 3.54. The van der Waals surface area contributed by atoms with Crippen molar-refractivity contribution < 1.29 is 4.74 Å². The van der Waals surface area contributed by atoms with Gasteiger partial charge in [0.25, 0.3) is 0 Å². The van der Waals surface area contributed by atoms with E-state index in [-0.39, 0.29) is 0 Å². The average Bonchev–Trinajstić information content (AvgIpc) is 3.30. The second-order valence-electron chi connectivity index (χ2n) is 5.81. The van der Waals surface area contributed by atoms with Gasteiger partial charge in [0.1, 0.15) is 5.75 Å². The van der Waals surface area contributed by atoms with E-state index in [9.17, 15) is 0 Å². The minimum absolute atomic E-state index is 0.625. The minimum Gasteiger partial charge on any atom is -0.496 e. The summed E-state index contributed by atoms with van der Waals surface area (Å²) in [5.74, 6) is 1.61. The number of halogens is 1. The second kappa shape index (κ2) is 6.33. The Morgan fingerprint density at radius 2 is 2.05 bits per heavy atom. The molecule has 1 saturated carbocycles. The molecule has 4 heteroatoms. The highest BCUT2D eigenvalue weighted by Crippen LogP contribution is 2.47. The maximum atomic E-state index is 6.47. The quantitative estimate of drug-likeness (QED) is 0.904. The Labute approximate surface area is 126 Å². The number of methoxy groups -OCH3 is 1. The van der Waals surface area contributed by atoms with Crippen LogP contribution in [0.3, 0.4) is 0 Å². The van der Waals surface area contributed by atoms with Crippen molar-refractivity contribution in [1.82, 2.24) is 10.2 Å². The summed E-state index contributed by atoms with van der Waals surface area (Å²) in [5, 5.41) is 4.28. The van der Waals surface area contributed by atoms with E-state index in [0.29, 0.717) is 5.92 Å². The van der Waals surface area contributed by atoms with Gasteiger partial charge < -0.3 is 15.0 Å². The Hall–Kier alpha value is -0.770. The number of ether oxygens (including phenoxy) is 1. The van der Waals surface area contributed by atoms with E-state index < -0.39 is 0 Å². The van der Waals surface area contributed by atoms with Crippen LogP contribution >= 0.6 is 11.6 Å². The zero-order valence-electron chi connectivity index (χ0n) is 12.1. The molecular weight excluding hydrogens is 272 g/mol. The molecule has 0 radical (unpaired) electrons. The summed E-state index contributed by atoms with van der Waals surface area (Å²) in [5.41, 5.74) is 2.51. The summed E-state index contributed by atoms with van der Waals surface area (Å²) in [6, 6.07) is 4.32. The van der Waals surface area contributed by atoms with Crippen LogP contribution in [0.5, 0.6) is 5.75 Å². The van der Waals surface area contributed by atoms with Gasteiger partial charge in [-0.3, -0.25) is 0 Å². The van der Waals surface area contributed by atoms with Gasteiger partial charge in [0.15, 0.2) is 0 Å². The molecule has 110 valence electrons. The lowest BCUT2D eigenvalue weighted by Gasteiger charge is -2.27. The SMILES string of the molecule is COc1cc(CCN2CCNCC2)cc(Cl)c1C1CC1. The van der Waals surface area contributed by atoms with E-state index in [0.717, 1.165) is 49.9 Å². The molecule has 0 aromatic heterocycles. The monoisotopic (exact) mass is 294 g/mol. The summed E-state index contributed by atoms with van der Waals surface area (Å²) < 4.78 is 5.55. The molecule has 1 aromatic carbocycles. The van der Waals surface area contributed by atoms with E-state index in [2.05, 4.69) is 22.3 Å². The summed E-state index contributed by atoms with van der Waals surface area (Å²) in [7, 11) is 1.75. The summed E-state index contributed by atoms with van der Waals surface area (Å²) in [6.45, 7) is 5.59. The third-order valence-corrected chi connectivity index (χ3v) is 4.60. The first-order chi connectivity index (χ1) is 9.78. The fourth-order valence-corrected chi connectivity index (χ4v) is 3.34. The first kappa shape index (κ1) is 14.2. The molecule has 1 saturated heterocycles. The van der Waals surface area contributed by atoms with Crippen molar-refractivity contribution in [3.63, 3.8) is 0 Å². The number of benzene rings is 1.